The van der Waals surface area contributed by atoms with E-state index in [9.17, 15) is 14.4 Å². The number of H-pyrrole nitrogens is 2. The van der Waals surface area contributed by atoms with Crippen molar-refractivity contribution in [3.8, 4) is 5.82 Å². The number of nitrogens with one attached hydrogen (secondary N) is 3. The van der Waals surface area contributed by atoms with Crippen LogP contribution in [-0.4, -0.2) is 35.6 Å². The third-order valence-corrected chi connectivity index (χ3v) is 3.85. The molecule has 134 valence electrons. The van der Waals surface area contributed by atoms with Crippen LogP contribution in [-0.2, 0) is 6.54 Å². The molecule has 0 fully saturated rings. The van der Waals surface area contributed by atoms with Gasteiger partial charge in [-0.05, 0) is 23.8 Å². The molecule has 0 aliphatic carbocycles. The van der Waals surface area contributed by atoms with Gasteiger partial charge in [-0.1, -0.05) is 6.07 Å². The molecule has 0 unspecified atom stereocenters. The summed E-state index contributed by atoms with van der Waals surface area (Å²) in [5, 5.41) is 6.97. The van der Waals surface area contributed by atoms with Gasteiger partial charge in [0, 0.05) is 31.3 Å². The SMILES string of the molecule is O=C(NCc1ccc(-n2cccn2)nc1)c1cnc2[nH]c(=O)[nH]c(=O)c2c1. The highest BCUT2D eigenvalue weighted by Crippen LogP contribution is 2.07. The number of hydrogen-bond donors (Lipinski definition) is 3. The zero-order chi connectivity index (χ0) is 18.8. The smallest absolute Gasteiger partial charge is 0.327 e. The molecule has 4 aromatic heterocycles. The Morgan fingerprint density at radius 3 is 2.78 bits per heavy atom. The maximum Gasteiger partial charge on any atom is 0.327 e. The highest BCUT2D eigenvalue weighted by molar-refractivity contribution is 5.96. The Bertz CT molecular complexity index is 1220. The van der Waals surface area contributed by atoms with Crippen molar-refractivity contribution in [1.29, 1.82) is 0 Å². The van der Waals surface area contributed by atoms with Gasteiger partial charge in [0.25, 0.3) is 11.5 Å². The molecule has 0 atom stereocenters. The first-order valence-corrected chi connectivity index (χ1v) is 7.96. The van der Waals surface area contributed by atoms with Gasteiger partial charge in [-0.25, -0.2) is 19.4 Å². The molecule has 4 aromatic rings. The van der Waals surface area contributed by atoms with Gasteiger partial charge in [-0.3, -0.25) is 19.6 Å². The van der Waals surface area contributed by atoms with Crippen molar-refractivity contribution in [1.82, 2.24) is 35.0 Å². The molecule has 0 aromatic carbocycles. The van der Waals surface area contributed by atoms with E-state index < -0.39 is 17.2 Å². The van der Waals surface area contributed by atoms with Gasteiger partial charge in [0.15, 0.2) is 5.82 Å². The number of aromatic amines is 2. The minimum atomic E-state index is -0.650. The van der Waals surface area contributed by atoms with E-state index in [-0.39, 0.29) is 23.1 Å². The van der Waals surface area contributed by atoms with Crippen molar-refractivity contribution in [2.45, 2.75) is 6.54 Å². The predicted molar refractivity (Wildman–Crippen MR) is 95.5 cm³/mol. The van der Waals surface area contributed by atoms with Crippen molar-refractivity contribution in [2.24, 2.45) is 0 Å². The highest BCUT2D eigenvalue weighted by Gasteiger charge is 2.10. The molecule has 0 aliphatic rings. The number of fused-ring (bicyclic) bond motifs is 1. The van der Waals surface area contributed by atoms with Crippen LogP contribution in [0.4, 0.5) is 0 Å². The highest BCUT2D eigenvalue weighted by atomic mass is 16.2. The van der Waals surface area contributed by atoms with Gasteiger partial charge in [-0.2, -0.15) is 5.10 Å². The molecule has 0 bridgehead atoms. The molecule has 0 aliphatic heterocycles. The van der Waals surface area contributed by atoms with E-state index in [0.29, 0.717) is 5.82 Å². The van der Waals surface area contributed by atoms with Crippen LogP contribution >= 0.6 is 0 Å². The molecule has 27 heavy (non-hydrogen) atoms. The summed E-state index contributed by atoms with van der Waals surface area (Å²) in [6, 6.07) is 6.81. The van der Waals surface area contributed by atoms with Crippen molar-refractivity contribution < 1.29 is 4.79 Å². The van der Waals surface area contributed by atoms with E-state index in [0.717, 1.165) is 5.56 Å². The molecule has 0 saturated heterocycles. The van der Waals surface area contributed by atoms with Crippen LogP contribution in [0.15, 0.2) is 58.6 Å². The number of amides is 1. The summed E-state index contributed by atoms with van der Waals surface area (Å²) in [5.74, 6) is 0.271. The Morgan fingerprint density at radius 1 is 1.15 bits per heavy atom. The Balaban J connectivity index is 1.48. The zero-order valence-electron chi connectivity index (χ0n) is 13.8. The van der Waals surface area contributed by atoms with Gasteiger partial charge in [0.05, 0.1) is 10.9 Å². The molecular formula is C17H13N7O3. The topological polar surface area (TPSA) is 138 Å². The van der Waals surface area contributed by atoms with Crippen LogP contribution in [0.1, 0.15) is 15.9 Å². The summed E-state index contributed by atoms with van der Waals surface area (Å²) in [6.45, 7) is 0.255. The molecule has 0 saturated carbocycles. The third-order valence-electron chi connectivity index (χ3n) is 3.85. The lowest BCUT2D eigenvalue weighted by Gasteiger charge is -2.07. The monoisotopic (exact) mass is 363 g/mol. The summed E-state index contributed by atoms with van der Waals surface area (Å²) in [6.07, 6.45) is 6.39. The number of pyridine rings is 2. The molecule has 1 amide bonds. The van der Waals surface area contributed by atoms with E-state index in [2.05, 4.69) is 30.4 Å². The predicted octanol–water partition coefficient (Wildman–Crippen LogP) is 0.122. The third kappa shape index (κ3) is 3.35. The standard InChI is InChI=1S/C17H13N7O3/c25-15(11-6-12-14(19-9-11)22-17(27)23-16(12)26)20-8-10-2-3-13(18-7-10)24-5-1-4-21-24/h1-7,9H,8H2,(H,20,25)(H2,19,22,23,26,27). The van der Waals surface area contributed by atoms with Crippen LogP contribution in [0.2, 0.25) is 0 Å². The fourth-order valence-corrected chi connectivity index (χ4v) is 2.52. The minimum absolute atomic E-state index is 0.124. The van der Waals surface area contributed by atoms with E-state index in [1.165, 1.54) is 12.3 Å². The number of nitrogens with zero attached hydrogens (tertiary/aromatic N) is 4. The lowest BCUT2D eigenvalue weighted by Crippen LogP contribution is -2.25. The Kier molecular flexibility index (Phi) is 4.05. The number of carbonyl (C=O) groups is 1. The number of aromatic nitrogens is 6. The van der Waals surface area contributed by atoms with E-state index in [1.54, 1.807) is 35.4 Å². The van der Waals surface area contributed by atoms with E-state index in [1.807, 2.05) is 6.07 Å². The van der Waals surface area contributed by atoms with Crippen LogP contribution in [0.5, 0.6) is 0 Å². The molecule has 10 heteroatoms. The van der Waals surface area contributed by atoms with Gasteiger partial charge >= 0.3 is 5.69 Å². The normalized spacial score (nSPS) is 10.8. The fourth-order valence-electron chi connectivity index (χ4n) is 2.52. The summed E-state index contributed by atoms with van der Waals surface area (Å²) in [7, 11) is 0. The average Bonchev–Trinajstić information content (AvgIpc) is 3.21. The molecule has 4 rings (SSSR count). The molecule has 0 radical (unpaired) electrons. The molecule has 10 nitrogen and oxygen atoms in total. The second-order valence-corrected chi connectivity index (χ2v) is 5.69. The lowest BCUT2D eigenvalue weighted by molar-refractivity contribution is 0.0950. The fraction of sp³-hybridized carbons (Fsp3) is 0.0588. The summed E-state index contributed by atoms with van der Waals surface area (Å²) < 4.78 is 1.63. The van der Waals surface area contributed by atoms with Gasteiger partial charge in [0.1, 0.15) is 5.65 Å². The van der Waals surface area contributed by atoms with E-state index in [4.69, 9.17) is 0 Å². The second kappa shape index (κ2) is 6.67. The summed E-state index contributed by atoms with van der Waals surface area (Å²) in [4.78, 5) is 48.1. The van der Waals surface area contributed by atoms with Crippen LogP contribution in [0, 0.1) is 0 Å². The first kappa shape index (κ1) is 16.4. The maximum absolute atomic E-state index is 12.3. The number of carbonyl (C=O) groups excluding carboxylic acids is 1. The first-order valence-electron chi connectivity index (χ1n) is 7.96. The van der Waals surface area contributed by atoms with Crippen molar-refractivity contribution in [2.75, 3.05) is 0 Å². The van der Waals surface area contributed by atoms with Gasteiger partial charge in [0.2, 0.25) is 0 Å². The van der Waals surface area contributed by atoms with Crippen molar-refractivity contribution in [3.05, 3.63) is 81.0 Å². The lowest BCUT2D eigenvalue weighted by atomic mass is 10.2. The Labute approximate surface area is 150 Å². The molecule has 3 N–H and O–H groups in total. The number of rotatable bonds is 4. The number of hydrogen-bond acceptors (Lipinski definition) is 6. The van der Waals surface area contributed by atoms with Crippen LogP contribution < -0.4 is 16.6 Å². The molecule has 4 heterocycles. The van der Waals surface area contributed by atoms with Crippen molar-refractivity contribution >= 4 is 16.9 Å². The van der Waals surface area contributed by atoms with Crippen LogP contribution in [0.25, 0.3) is 16.9 Å². The quantitative estimate of drug-likeness (QED) is 0.471. The van der Waals surface area contributed by atoms with Gasteiger partial charge < -0.3 is 5.32 Å². The van der Waals surface area contributed by atoms with Gasteiger partial charge in [-0.15, -0.1) is 0 Å². The Morgan fingerprint density at radius 2 is 2.04 bits per heavy atom. The van der Waals surface area contributed by atoms with Crippen LogP contribution in [0.3, 0.4) is 0 Å². The second-order valence-electron chi connectivity index (χ2n) is 5.69. The summed E-state index contributed by atoms with van der Waals surface area (Å²) in [5.41, 5.74) is -0.118. The first-order chi connectivity index (χ1) is 13.1. The maximum atomic E-state index is 12.3. The van der Waals surface area contributed by atoms with Crippen molar-refractivity contribution in [3.63, 3.8) is 0 Å². The summed E-state index contributed by atoms with van der Waals surface area (Å²) >= 11 is 0. The average molecular weight is 363 g/mol. The molecular weight excluding hydrogens is 350 g/mol. The molecule has 0 spiro atoms. The van der Waals surface area contributed by atoms with E-state index >= 15 is 0 Å². The zero-order valence-corrected chi connectivity index (χ0v) is 13.8. The Hall–Kier alpha value is -4.08. The minimum Gasteiger partial charge on any atom is -0.348 e. The largest absolute Gasteiger partial charge is 0.348 e.